The van der Waals surface area contributed by atoms with Crippen molar-refractivity contribution in [2.75, 3.05) is 0 Å². The second-order valence-corrected chi connectivity index (χ2v) is 9.47. The van der Waals surface area contributed by atoms with Crippen LogP contribution in [0.25, 0.3) is 33.2 Å². The molecule has 4 aromatic heterocycles. The Bertz CT molecular complexity index is 1240. The lowest BCUT2D eigenvalue weighted by atomic mass is 9.58. The molecule has 0 aromatic carbocycles. The van der Waals surface area contributed by atoms with E-state index in [0.717, 1.165) is 40.8 Å². The molecule has 0 saturated heterocycles. The van der Waals surface area contributed by atoms with Gasteiger partial charge in [-0.05, 0) is 74.0 Å². The average Bonchev–Trinajstić information content (AvgIpc) is 3.34. The summed E-state index contributed by atoms with van der Waals surface area (Å²) in [5.41, 5.74) is 4.87. The number of nitrogens with zero attached hydrogens (tertiary/aromatic N) is 3. The third-order valence-corrected chi connectivity index (χ3v) is 8.00. The van der Waals surface area contributed by atoms with Crippen molar-refractivity contribution in [2.24, 2.45) is 30.7 Å². The Morgan fingerprint density at radius 1 is 1.13 bits per heavy atom. The van der Waals surface area contributed by atoms with Crippen molar-refractivity contribution in [2.45, 2.75) is 39.0 Å². The second kappa shape index (κ2) is 6.66. The van der Waals surface area contributed by atoms with Gasteiger partial charge in [-0.1, -0.05) is 6.92 Å². The molecule has 0 spiro atoms. The van der Waals surface area contributed by atoms with Crippen LogP contribution in [0.5, 0.6) is 0 Å². The summed E-state index contributed by atoms with van der Waals surface area (Å²) in [4.78, 5) is 12.5. The SMILES string of the molecule is C[C@@H]1C2CCC(CC2)[C@H]1Cc1nc(-c2c[nH]c3ncc(F)cc23)cc2c1ccn2C. The van der Waals surface area contributed by atoms with Crippen molar-refractivity contribution in [3.8, 4) is 11.3 Å². The quantitative estimate of drug-likeness (QED) is 0.466. The fourth-order valence-electron chi connectivity index (χ4n) is 6.27. The summed E-state index contributed by atoms with van der Waals surface area (Å²) < 4.78 is 16.1. The molecule has 2 atom stereocenters. The van der Waals surface area contributed by atoms with Crippen molar-refractivity contribution in [3.05, 3.63) is 48.3 Å². The van der Waals surface area contributed by atoms with E-state index in [1.807, 2.05) is 6.20 Å². The van der Waals surface area contributed by atoms with E-state index in [-0.39, 0.29) is 5.82 Å². The topological polar surface area (TPSA) is 46.5 Å². The number of fused-ring (bicyclic) bond motifs is 5. The minimum absolute atomic E-state index is 0.324. The zero-order valence-corrected chi connectivity index (χ0v) is 17.5. The minimum Gasteiger partial charge on any atom is -0.350 e. The molecule has 0 aliphatic heterocycles. The minimum atomic E-state index is -0.324. The molecule has 3 aliphatic rings. The lowest BCUT2D eigenvalue weighted by molar-refractivity contribution is 0.0341. The fourth-order valence-corrected chi connectivity index (χ4v) is 6.27. The standard InChI is InChI=1S/C25H27FN4/c1-14-15-3-5-16(6-4-15)19(14)10-22-18-7-8-30(2)24(18)11-23(29-22)21-13-28-25-20(21)9-17(26)12-27-25/h7-9,11-16,19H,3-6,10H2,1-2H3,(H,27,28)/t14-,15?,16?,19+/m1/s1. The van der Waals surface area contributed by atoms with Crippen LogP contribution in [-0.2, 0) is 13.5 Å². The van der Waals surface area contributed by atoms with E-state index in [4.69, 9.17) is 4.98 Å². The van der Waals surface area contributed by atoms with Crippen LogP contribution in [0.3, 0.4) is 0 Å². The van der Waals surface area contributed by atoms with Gasteiger partial charge in [-0.2, -0.15) is 0 Å². The highest BCUT2D eigenvalue weighted by molar-refractivity contribution is 5.95. The molecule has 3 saturated carbocycles. The smallest absolute Gasteiger partial charge is 0.142 e. The largest absolute Gasteiger partial charge is 0.350 e. The highest BCUT2D eigenvalue weighted by Crippen LogP contribution is 2.50. The lowest BCUT2D eigenvalue weighted by Gasteiger charge is -2.47. The molecule has 2 bridgehead atoms. The number of hydrogen-bond donors (Lipinski definition) is 1. The number of hydrogen-bond acceptors (Lipinski definition) is 2. The first-order valence-electron chi connectivity index (χ1n) is 11.2. The molecule has 7 rings (SSSR count). The number of nitrogens with one attached hydrogen (secondary N) is 1. The van der Waals surface area contributed by atoms with Crippen LogP contribution >= 0.6 is 0 Å². The van der Waals surface area contributed by atoms with E-state index in [9.17, 15) is 4.39 Å². The molecule has 4 aromatic rings. The van der Waals surface area contributed by atoms with Gasteiger partial charge in [-0.25, -0.2) is 9.37 Å². The monoisotopic (exact) mass is 402 g/mol. The molecule has 5 heteroatoms. The number of aromatic amines is 1. The molecule has 30 heavy (non-hydrogen) atoms. The first-order chi connectivity index (χ1) is 14.6. The maximum Gasteiger partial charge on any atom is 0.142 e. The molecular weight excluding hydrogens is 375 g/mol. The molecule has 4 heterocycles. The molecule has 0 amide bonds. The van der Waals surface area contributed by atoms with Crippen LogP contribution in [-0.4, -0.2) is 19.5 Å². The molecule has 3 aliphatic carbocycles. The third-order valence-electron chi connectivity index (χ3n) is 8.00. The predicted octanol–water partition coefficient (Wildman–Crippen LogP) is 5.87. The van der Waals surface area contributed by atoms with Gasteiger partial charge in [0.25, 0.3) is 0 Å². The molecule has 4 nitrogen and oxygen atoms in total. The van der Waals surface area contributed by atoms with Crippen LogP contribution in [0.15, 0.2) is 36.8 Å². The molecule has 0 radical (unpaired) electrons. The Hall–Kier alpha value is -2.69. The highest BCUT2D eigenvalue weighted by atomic mass is 19.1. The van der Waals surface area contributed by atoms with Crippen molar-refractivity contribution >= 4 is 21.9 Å². The van der Waals surface area contributed by atoms with Crippen LogP contribution < -0.4 is 0 Å². The summed E-state index contributed by atoms with van der Waals surface area (Å²) in [7, 11) is 2.08. The summed E-state index contributed by atoms with van der Waals surface area (Å²) in [5.74, 6) is 2.88. The maximum absolute atomic E-state index is 13.9. The van der Waals surface area contributed by atoms with Gasteiger partial charge in [0.1, 0.15) is 11.5 Å². The van der Waals surface area contributed by atoms with Gasteiger partial charge in [0.05, 0.1) is 23.1 Å². The summed E-state index contributed by atoms with van der Waals surface area (Å²) in [5, 5.41) is 2.03. The maximum atomic E-state index is 13.9. The van der Waals surface area contributed by atoms with Crippen LogP contribution in [0.2, 0.25) is 0 Å². The zero-order chi connectivity index (χ0) is 20.4. The van der Waals surface area contributed by atoms with Crippen LogP contribution in [0, 0.1) is 29.5 Å². The van der Waals surface area contributed by atoms with Gasteiger partial charge >= 0.3 is 0 Å². The molecule has 3 fully saturated rings. The van der Waals surface area contributed by atoms with Gasteiger partial charge in [0, 0.05) is 35.8 Å². The lowest BCUT2D eigenvalue weighted by Crippen LogP contribution is -2.39. The Kier molecular flexibility index (Phi) is 4.02. The van der Waals surface area contributed by atoms with Crippen LogP contribution in [0.4, 0.5) is 4.39 Å². The van der Waals surface area contributed by atoms with E-state index >= 15 is 0 Å². The Morgan fingerprint density at radius 2 is 1.93 bits per heavy atom. The number of rotatable bonds is 3. The van der Waals surface area contributed by atoms with Crippen LogP contribution in [0.1, 0.15) is 38.3 Å². The predicted molar refractivity (Wildman–Crippen MR) is 118 cm³/mol. The van der Waals surface area contributed by atoms with Crippen molar-refractivity contribution in [1.29, 1.82) is 0 Å². The molecular formula is C25H27FN4. The summed E-state index contributed by atoms with van der Waals surface area (Å²) >= 11 is 0. The van der Waals surface area contributed by atoms with E-state index < -0.39 is 0 Å². The normalized spacial score (nSPS) is 26.1. The Labute approximate surface area is 175 Å². The van der Waals surface area contributed by atoms with E-state index in [1.165, 1.54) is 48.5 Å². The van der Waals surface area contributed by atoms with Gasteiger partial charge < -0.3 is 9.55 Å². The van der Waals surface area contributed by atoms with Crippen molar-refractivity contribution < 1.29 is 4.39 Å². The second-order valence-electron chi connectivity index (χ2n) is 9.47. The summed E-state index contributed by atoms with van der Waals surface area (Å²) in [6, 6.07) is 5.87. The Morgan fingerprint density at radius 3 is 2.73 bits per heavy atom. The van der Waals surface area contributed by atoms with E-state index in [1.54, 1.807) is 6.07 Å². The number of aryl methyl sites for hydroxylation is 1. The summed E-state index contributed by atoms with van der Waals surface area (Å²) in [6.45, 7) is 2.46. The fraction of sp³-hybridized carbons (Fsp3) is 0.440. The van der Waals surface area contributed by atoms with E-state index in [2.05, 4.69) is 46.8 Å². The van der Waals surface area contributed by atoms with E-state index in [0.29, 0.717) is 11.6 Å². The van der Waals surface area contributed by atoms with Gasteiger partial charge in [0.15, 0.2) is 0 Å². The van der Waals surface area contributed by atoms with Crippen molar-refractivity contribution in [1.82, 2.24) is 19.5 Å². The Balaban J connectivity index is 1.48. The third kappa shape index (κ3) is 2.71. The summed E-state index contributed by atoms with van der Waals surface area (Å²) in [6.07, 6.45) is 11.9. The number of H-pyrrole nitrogens is 1. The van der Waals surface area contributed by atoms with Gasteiger partial charge in [-0.15, -0.1) is 0 Å². The first kappa shape index (κ1) is 18.1. The molecule has 154 valence electrons. The molecule has 0 unspecified atom stereocenters. The highest BCUT2D eigenvalue weighted by Gasteiger charge is 2.41. The number of halogens is 1. The molecule has 1 N–H and O–H groups in total. The average molecular weight is 403 g/mol. The van der Waals surface area contributed by atoms with Crippen molar-refractivity contribution in [3.63, 3.8) is 0 Å². The number of aromatic nitrogens is 4. The van der Waals surface area contributed by atoms with Gasteiger partial charge in [0.2, 0.25) is 0 Å². The van der Waals surface area contributed by atoms with Gasteiger partial charge in [-0.3, -0.25) is 4.98 Å². The zero-order valence-electron chi connectivity index (χ0n) is 17.5. The number of pyridine rings is 2. The first-order valence-corrected chi connectivity index (χ1v) is 11.2.